The first kappa shape index (κ1) is 13.7. The normalized spacial score (nSPS) is 11.4. The lowest BCUT2D eigenvalue weighted by Crippen LogP contribution is -2.05. The molecule has 0 saturated heterocycles. The first-order chi connectivity index (χ1) is 8.95. The molecule has 5 heteroatoms. The van der Waals surface area contributed by atoms with Crippen LogP contribution in [0.3, 0.4) is 0 Å². The maximum Gasteiger partial charge on any atom is 0.416 e. The van der Waals surface area contributed by atoms with Crippen LogP contribution in [0.4, 0.5) is 13.2 Å². The third kappa shape index (κ3) is 3.89. The minimum atomic E-state index is -4.31. The second kappa shape index (κ2) is 5.53. The Bertz CT molecular complexity index is 532. The van der Waals surface area contributed by atoms with Crippen molar-refractivity contribution in [2.75, 3.05) is 0 Å². The molecule has 0 aromatic heterocycles. The SMILES string of the molecule is FC(F)(F)c1ccc(COc2ccc(Cl)cc2)cc1. The van der Waals surface area contributed by atoms with Crippen LogP contribution in [-0.2, 0) is 12.8 Å². The molecule has 0 fully saturated rings. The molecule has 0 N–H and O–H groups in total. The lowest BCUT2D eigenvalue weighted by Gasteiger charge is -2.09. The summed E-state index contributed by atoms with van der Waals surface area (Å²) in [6, 6.07) is 11.7. The highest BCUT2D eigenvalue weighted by atomic mass is 35.5. The van der Waals surface area contributed by atoms with Crippen molar-refractivity contribution in [1.82, 2.24) is 0 Å². The highest BCUT2D eigenvalue weighted by molar-refractivity contribution is 6.30. The summed E-state index contributed by atoms with van der Waals surface area (Å²) in [6.07, 6.45) is -4.31. The van der Waals surface area contributed by atoms with Gasteiger partial charge in [0, 0.05) is 5.02 Å². The maximum atomic E-state index is 12.4. The number of benzene rings is 2. The molecule has 2 aromatic carbocycles. The summed E-state index contributed by atoms with van der Waals surface area (Å²) in [5.74, 6) is 0.615. The molecule has 0 radical (unpaired) electrons. The van der Waals surface area contributed by atoms with Gasteiger partial charge in [-0.25, -0.2) is 0 Å². The molecule has 0 saturated carbocycles. The van der Waals surface area contributed by atoms with Crippen LogP contribution in [0.5, 0.6) is 5.75 Å². The van der Waals surface area contributed by atoms with Crippen molar-refractivity contribution in [3.8, 4) is 5.75 Å². The quantitative estimate of drug-likeness (QED) is 0.777. The topological polar surface area (TPSA) is 9.23 Å². The average molecular weight is 287 g/mol. The van der Waals surface area contributed by atoms with Gasteiger partial charge >= 0.3 is 6.18 Å². The van der Waals surface area contributed by atoms with E-state index in [1.807, 2.05) is 0 Å². The number of rotatable bonds is 3. The van der Waals surface area contributed by atoms with Gasteiger partial charge in [-0.15, -0.1) is 0 Å². The van der Waals surface area contributed by atoms with Gasteiger partial charge < -0.3 is 4.74 Å². The van der Waals surface area contributed by atoms with Crippen molar-refractivity contribution < 1.29 is 17.9 Å². The first-order valence-corrected chi connectivity index (χ1v) is 5.87. The Morgan fingerprint density at radius 1 is 0.895 bits per heavy atom. The van der Waals surface area contributed by atoms with E-state index in [2.05, 4.69) is 0 Å². The van der Waals surface area contributed by atoms with Gasteiger partial charge in [-0.05, 0) is 42.0 Å². The minimum absolute atomic E-state index is 0.208. The number of alkyl halides is 3. The van der Waals surface area contributed by atoms with Gasteiger partial charge in [0.15, 0.2) is 0 Å². The second-order valence-corrected chi connectivity index (χ2v) is 4.37. The lowest BCUT2D eigenvalue weighted by molar-refractivity contribution is -0.137. The fourth-order valence-electron chi connectivity index (χ4n) is 1.49. The fraction of sp³-hybridized carbons (Fsp3) is 0.143. The Labute approximate surface area is 113 Å². The van der Waals surface area contributed by atoms with Crippen LogP contribution in [0.1, 0.15) is 11.1 Å². The minimum Gasteiger partial charge on any atom is -0.489 e. The van der Waals surface area contributed by atoms with Gasteiger partial charge in [-0.2, -0.15) is 13.2 Å². The highest BCUT2D eigenvalue weighted by Crippen LogP contribution is 2.29. The molecule has 0 atom stereocenters. The Morgan fingerprint density at radius 3 is 2.00 bits per heavy atom. The van der Waals surface area contributed by atoms with Gasteiger partial charge in [0.25, 0.3) is 0 Å². The summed E-state index contributed by atoms with van der Waals surface area (Å²) >= 11 is 5.73. The molecule has 0 aliphatic heterocycles. The molecule has 0 bridgehead atoms. The maximum absolute atomic E-state index is 12.4. The van der Waals surface area contributed by atoms with Crippen LogP contribution in [-0.4, -0.2) is 0 Å². The van der Waals surface area contributed by atoms with Crippen molar-refractivity contribution >= 4 is 11.6 Å². The highest BCUT2D eigenvalue weighted by Gasteiger charge is 2.29. The van der Waals surface area contributed by atoms with Crippen LogP contribution < -0.4 is 4.74 Å². The second-order valence-electron chi connectivity index (χ2n) is 3.94. The van der Waals surface area contributed by atoms with E-state index >= 15 is 0 Å². The van der Waals surface area contributed by atoms with Crippen LogP contribution in [0.25, 0.3) is 0 Å². The third-order valence-electron chi connectivity index (χ3n) is 2.50. The molecule has 100 valence electrons. The number of halogens is 4. The predicted octanol–water partition coefficient (Wildman–Crippen LogP) is 4.94. The summed E-state index contributed by atoms with van der Waals surface area (Å²) in [4.78, 5) is 0. The van der Waals surface area contributed by atoms with E-state index in [1.165, 1.54) is 12.1 Å². The van der Waals surface area contributed by atoms with Gasteiger partial charge in [-0.3, -0.25) is 0 Å². The number of hydrogen-bond donors (Lipinski definition) is 0. The molecule has 2 aromatic rings. The summed E-state index contributed by atoms with van der Waals surface area (Å²) in [7, 11) is 0. The molecule has 0 spiro atoms. The van der Waals surface area contributed by atoms with Crippen LogP contribution in [0, 0.1) is 0 Å². The summed E-state index contributed by atoms with van der Waals surface area (Å²) in [5.41, 5.74) is 0.00527. The Kier molecular flexibility index (Phi) is 4.00. The average Bonchev–Trinajstić information content (AvgIpc) is 2.37. The van der Waals surface area contributed by atoms with Gasteiger partial charge in [0.2, 0.25) is 0 Å². The molecule has 2 rings (SSSR count). The van der Waals surface area contributed by atoms with Crippen molar-refractivity contribution in [3.63, 3.8) is 0 Å². The van der Waals surface area contributed by atoms with Gasteiger partial charge in [0.05, 0.1) is 5.56 Å². The molecule has 19 heavy (non-hydrogen) atoms. The predicted molar refractivity (Wildman–Crippen MR) is 67.2 cm³/mol. The molecule has 0 heterocycles. The van der Waals surface area contributed by atoms with E-state index in [-0.39, 0.29) is 6.61 Å². The number of hydrogen-bond acceptors (Lipinski definition) is 1. The third-order valence-corrected chi connectivity index (χ3v) is 2.75. The molecule has 1 nitrogen and oxygen atoms in total. The van der Waals surface area contributed by atoms with E-state index in [1.54, 1.807) is 24.3 Å². The summed E-state index contributed by atoms with van der Waals surface area (Å²) < 4.78 is 42.5. The molecular formula is C14H10ClF3O. The lowest BCUT2D eigenvalue weighted by atomic mass is 10.1. The van der Waals surface area contributed by atoms with E-state index in [9.17, 15) is 13.2 Å². The van der Waals surface area contributed by atoms with Crippen molar-refractivity contribution in [2.24, 2.45) is 0 Å². The molecule has 0 unspecified atom stereocenters. The van der Waals surface area contributed by atoms with Crippen LogP contribution in [0.2, 0.25) is 5.02 Å². The molecule has 0 aliphatic carbocycles. The number of ether oxygens (including phenoxy) is 1. The Hall–Kier alpha value is -1.68. The zero-order valence-electron chi connectivity index (χ0n) is 9.75. The van der Waals surface area contributed by atoms with E-state index in [0.29, 0.717) is 16.3 Å². The zero-order valence-corrected chi connectivity index (χ0v) is 10.5. The van der Waals surface area contributed by atoms with E-state index in [4.69, 9.17) is 16.3 Å². The van der Waals surface area contributed by atoms with Crippen LogP contribution in [0.15, 0.2) is 48.5 Å². The standard InChI is InChI=1S/C14H10ClF3O/c15-12-5-7-13(8-6-12)19-9-10-1-3-11(4-2-10)14(16,17)18/h1-8H,9H2. The molecular weight excluding hydrogens is 277 g/mol. The smallest absolute Gasteiger partial charge is 0.416 e. The Balaban J connectivity index is 1.98. The van der Waals surface area contributed by atoms with Crippen molar-refractivity contribution in [2.45, 2.75) is 12.8 Å². The first-order valence-electron chi connectivity index (χ1n) is 5.50. The summed E-state index contributed by atoms with van der Waals surface area (Å²) in [5, 5.41) is 0.599. The van der Waals surface area contributed by atoms with Crippen molar-refractivity contribution in [3.05, 3.63) is 64.7 Å². The zero-order chi connectivity index (χ0) is 13.9. The molecule has 0 amide bonds. The van der Waals surface area contributed by atoms with Gasteiger partial charge in [0.1, 0.15) is 12.4 Å². The monoisotopic (exact) mass is 286 g/mol. The van der Waals surface area contributed by atoms with E-state index in [0.717, 1.165) is 12.1 Å². The van der Waals surface area contributed by atoms with Crippen molar-refractivity contribution in [1.29, 1.82) is 0 Å². The van der Waals surface area contributed by atoms with E-state index < -0.39 is 11.7 Å². The largest absolute Gasteiger partial charge is 0.489 e. The van der Waals surface area contributed by atoms with Gasteiger partial charge in [-0.1, -0.05) is 23.7 Å². The van der Waals surface area contributed by atoms with Crippen LogP contribution >= 0.6 is 11.6 Å². The fourth-order valence-corrected chi connectivity index (χ4v) is 1.61. The summed E-state index contributed by atoms with van der Waals surface area (Å²) in [6.45, 7) is 0.208. The Morgan fingerprint density at radius 2 is 1.47 bits per heavy atom. The molecule has 0 aliphatic rings.